The molecule has 2 aromatic heterocycles. The van der Waals surface area contributed by atoms with Crippen molar-refractivity contribution >= 4 is 29.1 Å². The summed E-state index contributed by atoms with van der Waals surface area (Å²) in [5.74, 6) is -1.52. The molecular formula is C26H25N5O4. The van der Waals surface area contributed by atoms with Crippen LogP contribution < -0.4 is 10.6 Å². The van der Waals surface area contributed by atoms with Crippen LogP contribution in [0.4, 0.5) is 5.69 Å². The number of benzene rings is 2. The summed E-state index contributed by atoms with van der Waals surface area (Å²) in [6, 6.07) is 18.9. The third kappa shape index (κ3) is 5.35. The van der Waals surface area contributed by atoms with E-state index in [0.29, 0.717) is 17.2 Å². The number of aromatic nitrogens is 3. The van der Waals surface area contributed by atoms with Crippen molar-refractivity contribution in [1.29, 1.82) is 0 Å². The Morgan fingerprint density at radius 1 is 0.943 bits per heavy atom. The minimum absolute atomic E-state index is 0.117. The van der Waals surface area contributed by atoms with Crippen molar-refractivity contribution in [3.8, 4) is 11.4 Å². The molecule has 178 valence electrons. The van der Waals surface area contributed by atoms with E-state index in [9.17, 15) is 19.5 Å². The van der Waals surface area contributed by atoms with Gasteiger partial charge in [-0.3, -0.25) is 14.0 Å². The van der Waals surface area contributed by atoms with Crippen molar-refractivity contribution < 1.29 is 19.5 Å². The lowest BCUT2D eigenvalue weighted by Crippen LogP contribution is -2.44. The molecule has 9 nitrogen and oxygen atoms in total. The number of amides is 2. The van der Waals surface area contributed by atoms with E-state index in [2.05, 4.69) is 20.8 Å². The number of hydrogen-bond acceptors (Lipinski definition) is 5. The van der Waals surface area contributed by atoms with Gasteiger partial charge in [0.1, 0.15) is 6.04 Å². The maximum absolute atomic E-state index is 12.8. The highest BCUT2D eigenvalue weighted by atomic mass is 16.4. The zero-order valence-corrected chi connectivity index (χ0v) is 19.3. The highest BCUT2D eigenvalue weighted by Gasteiger charge is 2.25. The molecule has 4 aromatic rings. The predicted octanol–water partition coefficient (Wildman–Crippen LogP) is 3.42. The third-order valence-corrected chi connectivity index (χ3v) is 5.53. The first kappa shape index (κ1) is 23.6. The van der Waals surface area contributed by atoms with Crippen LogP contribution in [0, 0.1) is 5.92 Å². The number of nitrogens with zero attached hydrogens (tertiary/aromatic N) is 3. The van der Waals surface area contributed by atoms with E-state index in [4.69, 9.17) is 0 Å². The summed E-state index contributed by atoms with van der Waals surface area (Å²) in [5.41, 5.74) is 2.86. The van der Waals surface area contributed by atoms with Crippen LogP contribution in [0.5, 0.6) is 0 Å². The van der Waals surface area contributed by atoms with Crippen LogP contribution in [0.25, 0.3) is 17.0 Å². The molecule has 2 aromatic carbocycles. The number of hydrogen-bond donors (Lipinski definition) is 3. The monoisotopic (exact) mass is 471 g/mol. The summed E-state index contributed by atoms with van der Waals surface area (Å²) in [6.45, 7) is 3.45. The predicted molar refractivity (Wildman–Crippen MR) is 131 cm³/mol. The number of pyridine rings is 1. The van der Waals surface area contributed by atoms with Gasteiger partial charge in [0.25, 0.3) is 5.91 Å². The fraction of sp³-hybridized carbons (Fsp3) is 0.192. The molecule has 2 heterocycles. The number of rotatable bonds is 8. The Bertz CT molecular complexity index is 1360. The van der Waals surface area contributed by atoms with Gasteiger partial charge in [-0.1, -0.05) is 44.2 Å². The van der Waals surface area contributed by atoms with Crippen molar-refractivity contribution in [3.63, 3.8) is 0 Å². The highest BCUT2D eigenvalue weighted by molar-refractivity contribution is 6.01. The van der Waals surface area contributed by atoms with Gasteiger partial charge < -0.3 is 15.7 Å². The first-order valence-corrected chi connectivity index (χ1v) is 11.1. The minimum atomic E-state index is -1.10. The van der Waals surface area contributed by atoms with Crippen LogP contribution in [-0.4, -0.2) is 43.5 Å². The van der Waals surface area contributed by atoms with Crippen LogP contribution in [0.2, 0.25) is 0 Å². The fourth-order valence-electron chi connectivity index (χ4n) is 3.71. The van der Waals surface area contributed by atoms with E-state index in [0.717, 1.165) is 11.1 Å². The first-order chi connectivity index (χ1) is 16.8. The molecule has 35 heavy (non-hydrogen) atoms. The molecular weight excluding hydrogens is 446 g/mol. The molecule has 3 N–H and O–H groups in total. The minimum Gasteiger partial charge on any atom is -0.480 e. The number of carboxylic acids is 1. The van der Waals surface area contributed by atoms with E-state index >= 15 is 0 Å². The van der Waals surface area contributed by atoms with E-state index in [-0.39, 0.29) is 23.8 Å². The maximum atomic E-state index is 12.8. The quantitative estimate of drug-likeness (QED) is 0.362. The number of aliphatic carboxylic acids is 1. The van der Waals surface area contributed by atoms with Crippen molar-refractivity contribution in [2.45, 2.75) is 26.3 Å². The Morgan fingerprint density at radius 3 is 2.31 bits per heavy atom. The molecule has 0 saturated heterocycles. The van der Waals surface area contributed by atoms with Gasteiger partial charge in [-0.15, -0.1) is 10.2 Å². The highest BCUT2D eigenvalue weighted by Crippen LogP contribution is 2.22. The lowest BCUT2D eigenvalue weighted by atomic mass is 10.0. The third-order valence-electron chi connectivity index (χ3n) is 5.53. The molecule has 1 atom stereocenters. The van der Waals surface area contributed by atoms with Gasteiger partial charge in [0.2, 0.25) is 5.91 Å². The van der Waals surface area contributed by atoms with Gasteiger partial charge in [-0.05, 0) is 47.9 Å². The van der Waals surface area contributed by atoms with E-state index < -0.39 is 17.9 Å². The van der Waals surface area contributed by atoms with Gasteiger partial charge in [0.15, 0.2) is 11.5 Å². The van der Waals surface area contributed by atoms with Gasteiger partial charge >= 0.3 is 5.97 Å². The molecule has 4 rings (SSSR count). The first-order valence-electron chi connectivity index (χ1n) is 11.1. The van der Waals surface area contributed by atoms with Gasteiger partial charge in [0.05, 0.1) is 12.0 Å². The van der Waals surface area contributed by atoms with Crippen LogP contribution in [0.15, 0.2) is 72.9 Å². The van der Waals surface area contributed by atoms with Crippen LogP contribution >= 0.6 is 0 Å². The zero-order chi connectivity index (χ0) is 24.9. The molecule has 0 aliphatic heterocycles. The molecule has 0 radical (unpaired) electrons. The molecule has 0 spiro atoms. The molecule has 0 fully saturated rings. The van der Waals surface area contributed by atoms with Crippen molar-refractivity contribution in [2.75, 3.05) is 5.32 Å². The Hall–Kier alpha value is -4.53. The second-order valence-corrected chi connectivity index (χ2v) is 8.46. The topological polar surface area (TPSA) is 126 Å². The molecule has 2 amide bonds. The lowest BCUT2D eigenvalue weighted by molar-refractivity contribution is -0.140. The normalized spacial score (nSPS) is 11.9. The second-order valence-electron chi connectivity index (χ2n) is 8.46. The summed E-state index contributed by atoms with van der Waals surface area (Å²) < 4.78 is 1.67. The summed E-state index contributed by atoms with van der Waals surface area (Å²) in [7, 11) is 0. The summed E-state index contributed by atoms with van der Waals surface area (Å²) >= 11 is 0. The number of carbonyl (C=O) groups is 3. The summed E-state index contributed by atoms with van der Waals surface area (Å²) in [4.78, 5) is 36.6. The summed E-state index contributed by atoms with van der Waals surface area (Å²) in [5, 5.41) is 23.2. The molecule has 0 saturated carbocycles. The smallest absolute Gasteiger partial charge is 0.326 e. The molecule has 9 heteroatoms. The summed E-state index contributed by atoms with van der Waals surface area (Å²) in [6.07, 6.45) is 2.01. The Balaban J connectivity index is 1.52. The number of carboxylic acid groups (broad SMARTS) is 1. The van der Waals surface area contributed by atoms with E-state index in [1.165, 1.54) is 0 Å². The average Bonchev–Trinajstić information content (AvgIpc) is 3.27. The second kappa shape index (κ2) is 10.2. The van der Waals surface area contributed by atoms with Gasteiger partial charge in [-0.2, -0.15) is 0 Å². The molecule has 0 aliphatic carbocycles. The van der Waals surface area contributed by atoms with E-state index in [1.54, 1.807) is 60.8 Å². The maximum Gasteiger partial charge on any atom is 0.326 e. The van der Waals surface area contributed by atoms with Crippen LogP contribution in [0.1, 0.15) is 29.8 Å². The standard InChI is InChI=1S/C26H25N5O4/c1-16(2)22(26(34)35)28-25(33)20-9-6-14-31-23(29-30-24(20)31)18-10-12-19(13-11-18)27-21(32)15-17-7-4-3-5-8-17/h3-14,16,22H,15H2,1-2H3,(H,27,32)(H,28,33)(H,34,35)/t22-/m0/s1. The zero-order valence-electron chi connectivity index (χ0n) is 19.3. The van der Waals surface area contributed by atoms with E-state index in [1.807, 2.05) is 30.3 Å². The van der Waals surface area contributed by atoms with Crippen molar-refractivity contribution in [1.82, 2.24) is 19.9 Å². The van der Waals surface area contributed by atoms with Crippen molar-refractivity contribution in [2.24, 2.45) is 5.92 Å². The number of fused-ring (bicyclic) bond motifs is 1. The van der Waals surface area contributed by atoms with Crippen molar-refractivity contribution in [3.05, 3.63) is 84.1 Å². The molecule has 0 bridgehead atoms. The largest absolute Gasteiger partial charge is 0.480 e. The van der Waals surface area contributed by atoms with Gasteiger partial charge in [0, 0.05) is 17.4 Å². The molecule has 0 unspecified atom stereocenters. The van der Waals surface area contributed by atoms with Crippen LogP contribution in [0.3, 0.4) is 0 Å². The number of anilines is 1. The van der Waals surface area contributed by atoms with Gasteiger partial charge in [-0.25, -0.2) is 4.79 Å². The Morgan fingerprint density at radius 2 is 1.66 bits per heavy atom. The fourth-order valence-corrected chi connectivity index (χ4v) is 3.71. The Labute approximate surface area is 201 Å². The Kier molecular flexibility index (Phi) is 6.86. The average molecular weight is 472 g/mol. The number of carbonyl (C=O) groups excluding carboxylic acids is 2. The molecule has 0 aliphatic rings. The number of nitrogens with one attached hydrogen (secondary N) is 2. The van der Waals surface area contributed by atoms with Crippen LogP contribution in [-0.2, 0) is 16.0 Å². The lowest BCUT2D eigenvalue weighted by Gasteiger charge is -2.17. The SMILES string of the molecule is CC(C)[C@H](NC(=O)c1cccn2c(-c3ccc(NC(=O)Cc4ccccc4)cc3)nnc12)C(=O)O.